The first-order valence-corrected chi connectivity index (χ1v) is 9.50. The smallest absolute Gasteiger partial charge is 0.131 e. The van der Waals surface area contributed by atoms with Crippen LogP contribution in [0.5, 0.6) is 11.5 Å². The van der Waals surface area contributed by atoms with Crippen LogP contribution in [-0.2, 0) is 23.0 Å². The minimum absolute atomic E-state index is 0.510. The summed E-state index contributed by atoms with van der Waals surface area (Å²) in [6.45, 7) is 0. The van der Waals surface area contributed by atoms with E-state index in [0.717, 1.165) is 23.5 Å². The van der Waals surface area contributed by atoms with Crippen LogP contribution >= 0.6 is 0 Å². The average Bonchev–Trinajstić information content (AvgIpc) is 2.63. The standard InChI is InChI=1S/C21H20O2S/c22-24(16-15-18-9-3-1-4-10-18)17-19-11-7-8-14-21(19)23-20-12-5-2-6-13-20/h1-14H,15-17H2. The molecule has 3 heteroatoms. The molecule has 1 atom stereocenters. The Hall–Kier alpha value is -2.39. The molecule has 0 amide bonds. The second kappa shape index (κ2) is 8.46. The van der Waals surface area contributed by atoms with E-state index in [4.69, 9.17) is 4.74 Å². The van der Waals surface area contributed by atoms with Gasteiger partial charge >= 0.3 is 0 Å². The lowest BCUT2D eigenvalue weighted by Crippen LogP contribution is -2.05. The van der Waals surface area contributed by atoms with Crippen LogP contribution < -0.4 is 4.74 Å². The predicted molar refractivity (Wildman–Crippen MR) is 99.8 cm³/mol. The van der Waals surface area contributed by atoms with E-state index in [0.29, 0.717) is 11.5 Å². The van der Waals surface area contributed by atoms with E-state index in [2.05, 4.69) is 12.1 Å². The van der Waals surface area contributed by atoms with E-state index in [9.17, 15) is 4.21 Å². The van der Waals surface area contributed by atoms with Crippen LogP contribution in [0.15, 0.2) is 84.9 Å². The molecule has 0 saturated carbocycles. The Bertz CT molecular complexity index is 785. The number of aryl methyl sites for hydroxylation is 1. The molecule has 0 N–H and O–H groups in total. The van der Waals surface area contributed by atoms with Gasteiger partial charge in [0.25, 0.3) is 0 Å². The normalized spacial score (nSPS) is 11.8. The molecule has 122 valence electrons. The molecule has 0 heterocycles. The van der Waals surface area contributed by atoms with Crippen LogP contribution in [0.25, 0.3) is 0 Å². The molecule has 0 aliphatic rings. The highest BCUT2D eigenvalue weighted by molar-refractivity contribution is 7.84. The van der Waals surface area contributed by atoms with E-state index in [-0.39, 0.29) is 0 Å². The largest absolute Gasteiger partial charge is 0.457 e. The fourth-order valence-electron chi connectivity index (χ4n) is 2.46. The van der Waals surface area contributed by atoms with Gasteiger partial charge in [0.05, 0.1) is 5.75 Å². The summed E-state index contributed by atoms with van der Waals surface area (Å²) in [7, 11) is -0.920. The molecule has 0 bridgehead atoms. The van der Waals surface area contributed by atoms with Gasteiger partial charge in [-0.05, 0) is 30.2 Å². The molecule has 0 aliphatic carbocycles. The van der Waals surface area contributed by atoms with E-state index >= 15 is 0 Å². The van der Waals surface area contributed by atoms with Gasteiger partial charge in [-0.3, -0.25) is 4.21 Å². The monoisotopic (exact) mass is 336 g/mol. The lowest BCUT2D eigenvalue weighted by molar-refractivity contribution is 0.478. The van der Waals surface area contributed by atoms with Gasteiger partial charge in [0.15, 0.2) is 0 Å². The summed E-state index contributed by atoms with van der Waals surface area (Å²) in [5, 5.41) is 0. The van der Waals surface area contributed by atoms with Crippen LogP contribution in [0.1, 0.15) is 11.1 Å². The Labute approximate surface area is 145 Å². The van der Waals surface area contributed by atoms with Gasteiger partial charge in [0, 0.05) is 22.1 Å². The summed E-state index contributed by atoms with van der Waals surface area (Å²) < 4.78 is 18.4. The third kappa shape index (κ3) is 4.80. The van der Waals surface area contributed by atoms with Crippen LogP contribution in [-0.4, -0.2) is 9.96 Å². The van der Waals surface area contributed by atoms with Gasteiger partial charge in [-0.25, -0.2) is 0 Å². The molecular weight excluding hydrogens is 316 g/mol. The highest BCUT2D eigenvalue weighted by atomic mass is 32.2. The molecule has 3 aromatic carbocycles. The molecule has 0 aliphatic heterocycles. The fourth-order valence-corrected chi connectivity index (χ4v) is 3.65. The lowest BCUT2D eigenvalue weighted by Gasteiger charge is -2.11. The van der Waals surface area contributed by atoms with Crippen molar-refractivity contribution in [2.75, 3.05) is 5.75 Å². The SMILES string of the molecule is O=S(CCc1ccccc1)Cc1ccccc1Oc1ccccc1. The Morgan fingerprint density at radius 3 is 2.12 bits per heavy atom. The topological polar surface area (TPSA) is 26.3 Å². The third-order valence-electron chi connectivity index (χ3n) is 3.72. The molecule has 2 nitrogen and oxygen atoms in total. The summed E-state index contributed by atoms with van der Waals surface area (Å²) in [6, 6.07) is 27.7. The van der Waals surface area contributed by atoms with Crippen molar-refractivity contribution in [3.8, 4) is 11.5 Å². The van der Waals surface area contributed by atoms with E-state index in [1.807, 2.05) is 72.8 Å². The van der Waals surface area contributed by atoms with Crippen LogP contribution in [0, 0.1) is 0 Å². The average molecular weight is 336 g/mol. The number of para-hydroxylation sites is 2. The van der Waals surface area contributed by atoms with Crippen molar-refractivity contribution < 1.29 is 8.95 Å². The Balaban J connectivity index is 1.63. The summed E-state index contributed by atoms with van der Waals surface area (Å²) >= 11 is 0. The third-order valence-corrected chi connectivity index (χ3v) is 5.01. The quantitative estimate of drug-likeness (QED) is 0.609. The van der Waals surface area contributed by atoms with Gasteiger partial charge < -0.3 is 4.74 Å². The van der Waals surface area contributed by atoms with Gasteiger partial charge in [0.2, 0.25) is 0 Å². The zero-order valence-corrected chi connectivity index (χ0v) is 14.2. The first-order chi connectivity index (χ1) is 11.8. The van der Waals surface area contributed by atoms with Crippen LogP contribution in [0.2, 0.25) is 0 Å². The molecule has 3 rings (SSSR count). The molecule has 0 spiro atoms. The van der Waals surface area contributed by atoms with Crippen LogP contribution in [0.4, 0.5) is 0 Å². The Morgan fingerprint density at radius 1 is 0.750 bits per heavy atom. The summed E-state index contributed by atoms with van der Waals surface area (Å²) in [5.41, 5.74) is 2.20. The number of hydrogen-bond donors (Lipinski definition) is 0. The number of benzene rings is 3. The predicted octanol–water partition coefficient (Wildman–Crippen LogP) is 4.97. The number of rotatable bonds is 7. The lowest BCUT2D eigenvalue weighted by atomic mass is 10.2. The molecule has 0 radical (unpaired) electrons. The van der Waals surface area contributed by atoms with Gasteiger partial charge in [-0.15, -0.1) is 0 Å². The maximum atomic E-state index is 12.4. The molecule has 0 aromatic heterocycles. The Morgan fingerprint density at radius 2 is 1.38 bits per heavy atom. The number of ether oxygens (including phenoxy) is 1. The van der Waals surface area contributed by atoms with E-state index in [1.165, 1.54) is 5.56 Å². The van der Waals surface area contributed by atoms with Crippen LogP contribution in [0.3, 0.4) is 0 Å². The molecule has 0 saturated heterocycles. The number of hydrogen-bond acceptors (Lipinski definition) is 2. The van der Waals surface area contributed by atoms with Crippen molar-refractivity contribution in [1.82, 2.24) is 0 Å². The van der Waals surface area contributed by atoms with Crippen molar-refractivity contribution in [3.05, 3.63) is 96.1 Å². The molecule has 0 fully saturated rings. The van der Waals surface area contributed by atoms with Gasteiger partial charge in [-0.2, -0.15) is 0 Å². The maximum Gasteiger partial charge on any atom is 0.131 e. The zero-order valence-electron chi connectivity index (χ0n) is 13.4. The first-order valence-electron chi connectivity index (χ1n) is 8.01. The van der Waals surface area contributed by atoms with Gasteiger partial charge in [-0.1, -0.05) is 66.7 Å². The minimum atomic E-state index is -0.920. The highest BCUT2D eigenvalue weighted by Gasteiger charge is 2.09. The Kier molecular flexibility index (Phi) is 5.80. The zero-order chi connectivity index (χ0) is 16.6. The fraction of sp³-hybridized carbons (Fsp3) is 0.143. The van der Waals surface area contributed by atoms with Crippen molar-refractivity contribution in [2.24, 2.45) is 0 Å². The minimum Gasteiger partial charge on any atom is -0.457 e. The van der Waals surface area contributed by atoms with Crippen molar-refractivity contribution in [2.45, 2.75) is 12.2 Å². The molecule has 1 unspecified atom stereocenters. The molecule has 3 aromatic rings. The van der Waals surface area contributed by atoms with Gasteiger partial charge in [0.1, 0.15) is 11.5 Å². The van der Waals surface area contributed by atoms with Crippen molar-refractivity contribution in [1.29, 1.82) is 0 Å². The molecule has 24 heavy (non-hydrogen) atoms. The van der Waals surface area contributed by atoms with E-state index in [1.54, 1.807) is 0 Å². The molecular formula is C21H20O2S. The van der Waals surface area contributed by atoms with Crippen molar-refractivity contribution in [3.63, 3.8) is 0 Å². The highest BCUT2D eigenvalue weighted by Crippen LogP contribution is 2.26. The second-order valence-electron chi connectivity index (χ2n) is 5.55. The maximum absolute atomic E-state index is 12.4. The summed E-state index contributed by atoms with van der Waals surface area (Å²) in [4.78, 5) is 0. The van der Waals surface area contributed by atoms with E-state index < -0.39 is 10.8 Å². The summed E-state index contributed by atoms with van der Waals surface area (Å²) in [6.07, 6.45) is 0.829. The van der Waals surface area contributed by atoms with Crippen molar-refractivity contribution >= 4 is 10.8 Å². The second-order valence-corrected chi connectivity index (χ2v) is 7.12. The summed E-state index contributed by atoms with van der Waals surface area (Å²) in [5.74, 6) is 2.73. The first kappa shape index (κ1) is 16.5.